The lowest BCUT2D eigenvalue weighted by atomic mass is 10.2. The van der Waals surface area contributed by atoms with Crippen LogP contribution in [-0.2, 0) is 16.6 Å². The highest BCUT2D eigenvalue weighted by molar-refractivity contribution is 9.10. The maximum atomic E-state index is 14.1. The first-order chi connectivity index (χ1) is 9.44. The molecule has 0 saturated heterocycles. The van der Waals surface area contributed by atoms with Crippen LogP contribution in [0.2, 0.25) is 0 Å². The molecule has 1 aromatic heterocycles. The van der Waals surface area contributed by atoms with E-state index in [1.807, 2.05) is 0 Å². The second-order valence-corrected chi connectivity index (χ2v) is 6.33. The van der Waals surface area contributed by atoms with Gasteiger partial charge in [0.15, 0.2) is 0 Å². The van der Waals surface area contributed by atoms with Crippen molar-refractivity contribution >= 4 is 31.9 Å². The second-order valence-electron chi connectivity index (χ2n) is 3.76. The van der Waals surface area contributed by atoms with Gasteiger partial charge in [-0.05, 0) is 18.2 Å². The molecule has 0 fully saturated rings. The van der Waals surface area contributed by atoms with Gasteiger partial charge in [0, 0.05) is 29.0 Å². The number of hydrogen-bond acceptors (Lipinski definition) is 5. The highest BCUT2D eigenvalue weighted by Gasteiger charge is 2.23. The number of rotatable bonds is 4. The molecule has 106 valence electrons. The Hall–Kier alpha value is -1.58. The lowest BCUT2D eigenvalue weighted by molar-refractivity contribution is 0.560. The van der Waals surface area contributed by atoms with Crippen molar-refractivity contribution in [2.45, 2.75) is 11.4 Å². The van der Waals surface area contributed by atoms with Crippen LogP contribution in [0.5, 0.6) is 0 Å². The lowest BCUT2D eigenvalue weighted by Gasteiger charge is -2.10. The molecule has 1 heterocycles. The summed E-state index contributed by atoms with van der Waals surface area (Å²) in [6.07, 6.45) is 2.74. The van der Waals surface area contributed by atoms with Gasteiger partial charge in [0.05, 0.1) is 0 Å². The fourth-order valence-corrected chi connectivity index (χ4v) is 3.25. The summed E-state index contributed by atoms with van der Waals surface area (Å²) in [4.78, 5) is 6.93. The molecule has 0 aliphatic rings. The molecule has 1 aromatic carbocycles. The van der Waals surface area contributed by atoms with Gasteiger partial charge in [-0.25, -0.2) is 27.5 Å². The molecule has 6 nitrogen and oxygen atoms in total. The topological polar surface area (TPSA) is 98.0 Å². The highest BCUT2D eigenvalue weighted by Crippen LogP contribution is 2.25. The molecule has 0 unspecified atom stereocenters. The van der Waals surface area contributed by atoms with E-state index in [0.717, 1.165) is 6.07 Å². The average molecular weight is 361 g/mol. The standard InChI is InChI=1S/C11H10BrFN4O2S/c12-8-4-7(6-14)10(13)9(5-8)20(18,19)17-11-15-2-1-3-16-11/h1-5H,6,14H2,(H,15,16,17). The monoisotopic (exact) mass is 360 g/mol. The predicted molar refractivity (Wildman–Crippen MR) is 74.8 cm³/mol. The molecule has 0 spiro atoms. The summed E-state index contributed by atoms with van der Waals surface area (Å²) in [7, 11) is -4.13. The summed E-state index contributed by atoms with van der Waals surface area (Å²) in [5.41, 5.74) is 5.47. The molecule has 0 aliphatic heterocycles. The van der Waals surface area contributed by atoms with Gasteiger partial charge < -0.3 is 5.73 Å². The molecule has 0 saturated carbocycles. The number of nitrogens with one attached hydrogen (secondary N) is 1. The van der Waals surface area contributed by atoms with Crippen molar-refractivity contribution in [2.75, 3.05) is 4.72 Å². The SMILES string of the molecule is NCc1cc(Br)cc(S(=O)(=O)Nc2ncccn2)c1F. The van der Waals surface area contributed by atoms with Gasteiger partial charge in [0.2, 0.25) is 5.95 Å². The van der Waals surface area contributed by atoms with Crippen LogP contribution in [0.4, 0.5) is 10.3 Å². The number of anilines is 1. The Morgan fingerprint density at radius 1 is 1.30 bits per heavy atom. The van der Waals surface area contributed by atoms with E-state index in [9.17, 15) is 12.8 Å². The molecule has 3 N–H and O–H groups in total. The molecular weight excluding hydrogens is 351 g/mol. The minimum Gasteiger partial charge on any atom is -0.326 e. The smallest absolute Gasteiger partial charge is 0.267 e. The van der Waals surface area contributed by atoms with Crippen molar-refractivity contribution in [3.63, 3.8) is 0 Å². The fraction of sp³-hybridized carbons (Fsp3) is 0.0909. The van der Waals surface area contributed by atoms with Crippen LogP contribution in [0, 0.1) is 5.82 Å². The van der Waals surface area contributed by atoms with Crippen molar-refractivity contribution in [3.8, 4) is 0 Å². The molecule has 0 aliphatic carbocycles. The van der Waals surface area contributed by atoms with Crippen molar-refractivity contribution in [1.82, 2.24) is 9.97 Å². The van der Waals surface area contributed by atoms with Gasteiger partial charge in [0.1, 0.15) is 10.7 Å². The predicted octanol–water partition coefficient (Wildman–Crippen LogP) is 1.64. The van der Waals surface area contributed by atoms with Crippen molar-refractivity contribution in [1.29, 1.82) is 0 Å². The van der Waals surface area contributed by atoms with Crippen LogP contribution in [-0.4, -0.2) is 18.4 Å². The fourth-order valence-electron chi connectivity index (χ4n) is 1.49. The number of nitrogens with two attached hydrogens (primary N) is 1. The minimum absolute atomic E-state index is 0.0914. The first-order valence-corrected chi connectivity index (χ1v) is 7.69. The third kappa shape index (κ3) is 3.11. The Kier molecular flexibility index (Phi) is 4.31. The van der Waals surface area contributed by atoms with Crippen LogP contribution in [0.3, 0.4) is 0 Å². The Balaban J connectivity index is 2.47. The van der Waals surface area contributed by atoms with Gasteiger partial charge in [-0.1, -0.05) is 15.9 Å². The molecule has 0 amide bonds. The number of aromatic nitrogens is 2. The molecule has 20 heavy (non-hydrogen) atoms. The third-order valence-corrected chi connectivity index (χ3v) is 4.17. The van der Waals surface area contributed by atoms with Crippen molar-refractivity contribution < 1.29 is 12.8 Å². The molecule has 9 heteroatoms. The molecule has 2 aromatic rings. The van der Waals surface area contributed by atoms with E-state index < -0.39 is 20.7 Å². The van der Waals surface area contributed by atoms with Crippen LogP contribution in [0.1, 0.15) is 5.56 Å². The Morgan fingerprint density at radius 2 is 1.95 bits per heavy atom. The summed E-state index contributed by atoms with van der Waals surface area (Å²) in [6.45, 7) is -0.115. The summed E-state index contributed by atoms with van der Waals surface area (Å²) in [5.74, 6) is -1.03. The zero-order valence-corrected chi connectivity index (χ0v) is 12.4. The van der Waals surface area contributed by atoms with Gasteiger partial charge in [-0.3, -0.25) is 0 Å². The third-order valence-electron chi connectivity index (χ3n) is 2.38. The van der Waals surface area contributed by atoms with E-state index in [1.54, 1.807) is 0 Å². The Morgan fingerprint density at radius 3 is 2.55 bits per heavy atom. The van der Waals surface area contributed by atoms with Gasteiger partial charge >= 0.3 is 0 Å². The van der Waals surface area contributed by atoms with Crippen LogP contribution >= 0.6 is 15.9 Å². The van der Waals surface area contributed by atoms with E-state index in [1.165, 1.54) is 24.5 Å². The van der Waals surface area contributed by atoms with Crippen LogP contribution in [0.15, 0.2) is 40.0 Å². The summed E-state index contributed by atoms with van der Waals surface area (Å²) >= 11 is 3.12. The number of hydrogen-bond donors (Lipinski definition) is 2. The van der Waals surface area contributed by atoms with Crippen molar-refractivity contribution in [3.05, 3.63) is 46.4 Å². The zero-order valence-electron chi connectivity index (χ0n) is 10.0. The molecule has 2 rings (SSSR count). The number of halogens is 2. The van der Waals surface area contributed by atoms with Crippen LogP contribution in [0.25, 0.3) is 0 Å². The Bertz CT molecular complexity index is 725. The maximum Gasteiger partial charge on any atom is 0.267 e. The largest absolute Gasteiger partial charge is 0.326 e. The van der Waals surface area contributed by atoms with E-state index in [2.05, 4.69) is 30.6 Å². The van der Waals surface area contributed by atoms with Gasteiger partial charge in [-0.2, -0.15) is 0 Å². The quantitative estimate of drug-likeness (QED) is 0.863. The molecule has 0 bridgehead atoms. The highest BCUT2D eigenvalue weighted by atomic mass is 79.9. The maximum absolute atomic E-state index is 14.1. The van der Waals surface area contributed by atoms with E-state index in [-0.39, 0.29) is 18.1 Å². The molecular formula is C11H10BrFN4O2S. The van der Waals surface area contributed by atoms with Crippen LogP contribution < -0.4 is 10.5 Å². The molecule has 0 radical (unpaired) electrons. The number of sulfonamides is 1. The second kappa shape index (κ2) is 5.81. The summed E-state index contributed by atoms with van der Waals surface area (Å²) in [6, 6.07) is 4.11. The van der Waals surface area contributed by atoms with E-state index in [4.69, 9.17) is 5.73 Å². The first-order valence-electron chi connectivity index (χ1n) is 5.42. The van der Waals surface area contributed by atoms with Crippen molar-refractivity contribution in [2.24, 2.45) is 5.73 Å². The first kappa shape index (κ1) is 14.8. The van der Waals surface area contributed by atoms with Gasteiger partial charge in [-0.15, -0.1) is 0 Å². The van der Waals surface area contributed by atoms with E-state index >= 15 is 0 Å². The Labute approximate surface area is 123 Å². The summed E-state index contributed by atoms with van der Waals surface area (Å²) < 4.78 is 40.9. The lowest BCUT2D eigenvalue weighted by Crippen LogP contribution is -2.17. The molecule has 0 atom stereocenters. The van der Waals surface area contributed by atoms with Gasteiger partial charge in [0.25, 0.3) is 10.0 Å². The summed E-state index contributed by atoms with van der Waals surface area (Å²) in [5, 5.41) is 0. The average Bonchev–Trinajstić information content (AvgIpc) is 2.41. The zero-order chi connectivity index (χ0) is 14.8. The normalized spacial score (nSPS) is 11.3. The number of nitrogens with zero attached hydrogens (tertiary/aromatic N) is 2. The van der Waals surface area contributed by atoms with E-state index in [0.29, 0.717) is 4.47 Å². The number of benzene rings is 1. The minimum atomic E-state index is -4.13.